The van der Waals surface area contributed by atoms with Crippen LogP contribution in [0.15, 0.2) is 96.1 Å². The third-order valence-corrected chi connectivity index (χ3v) is 10.3. The van der Waals surface area contributed by atoms with E-state index in [0.717, 1.165) is 25.7 Å². The summed E-state index contributed by atoms with van der Waals surface area (Å²) in [7, 11) is 0. The van der Waals surface area contributed by atoms with Crippen LogP contribution in [0, 0.1) is 5.41 Å². The Morgan fingerprint density at radius 1 is 0.512 bits per heavy atom. The first kappa shape index (κ1) is 29.4. The molecule has 2 aliphatic carbocycles. The number of hydrogen-bond donors (Lipinski definition) is 0. The SMILES string of the molecule is CCC(CC)(C1=Cc2c(cccc2-c2cccc(C(C)(C)C)c2)C1)C1=Cc2c(cccc2-c2cccc(C(C)(C)C)c2)C1. The second-order valence-electron chi connectivity index (χ2n) is 14.9. The average Bonchev–Trinajstić information content (AvgIpc) is 3.63. The molecule has 4 aromatic rings. The van der Waals surface area contributed by atoms with Crippen molar-refractivity contribution in [2.75, 3.05) is 0 Å². The Labute approximate surface area is 260 Å². The summed E-state index contributed by atoms with van der Waals surface area (Å²) in [4.78, 5) is 0. The van der Waals surface area contributed by atoms with E-state index in [1.807, 2.05) is 0 Å². The lowest BCUT2D eigenvalue weighted by atomic mass is 9.68. The lowest BCUT2D eigenvalue weighted by Crippen LogP contribution is -2.25. The lowest BCUT2D eigenvalue weighted by Gasteiger charge is -2.35. The molecule has 0 spiro atoms. The molecule has 0 radical (unpaired) electrons. The zero-order valence-electron chi connectivity index (χ0n) is 27.6. The van der Waals surface area contributed by atoms with Gasteiger partial charge in [-0.2, -0.15) is 0 Å². The average molecular weight is 565 g/mol. The van der Waals surface area contributed by atoms with E-state index < -0.39 is 0 Å². The fourth-order valence-electron chi connectivity index (χ4n) is 7.53. The molecule has 0 aromatic heterocycles. The van der Waals surface area contributed by atoms with Gasteiger partial charge in [-0.15, -0.1) is 0 Å². The molecule has 0 fully saturated rings. The van der Waals surface area contributed by atoms with Gasteiger partial charge in [0.05, 0.1) is 0 Å². The third-order valence-electron chi connectivity index (χ3n) is 10.3. The molecular weight excluding hydrogens is 516 g/mol. The molecule has 43 heavy (non-hydrogen) atoms. The molecule has 0 amide bonds. The van der Waals surface area contributed by atoms with Crippen LogP contribution in [-0.4, -0.2) is 0 Å². The van der Waals surface area contributed by atoms with Crippen molar-refractivity contribution in [3.05, 3.63) is 129 Å². The second-order valence-corrected chi connectivity index (χ2v) is 14.9. The minimum absolute atomic E-state index is 0.0626. The minimum Gasteiger partial charge on any atom is -0.0642 e. The van der Waals surface area contributed by atoms with Crippen molar-refractivity contribution in [1.29, 1.82) is 0 Å². The van der Waals surface area contributed by atoms with Gasteiger partial charge < -0.3 is 0 Å². The van der Waals surface area contributed by atoms with E-state index in [1.54, 1.807) is 11.1 Å². The molecule has 0 bridgehead atoms. The van der Waals surface area contributed by atoms with Gasteiger partial charge >= 0.3 is 0 Å². The zero-order valence-corrected chi connectivity index (χ0v) is 27.6. The molecule has 0 saturated heterocycles. The Balaban J connectivity index is 1.41. The first-order valence-electron chi connectivity index (χ1n) is 16.3. The van der Waals surface area contributed by atoms with E-state index in [0.29, 0.717) is 0 Å². The highest BCUT2D eigenvalue weighted by atomic mass is 14.4. The Hall–Kier alpha value is -3.64. The predicted octanol–water partition coefficient (Wildman–Crippen LogP) is 12.0. The molecule has 220 valence electrons. The van der Waals surface area contributed by atoms with Crippen LogP contribution in [0.4, 0.5) is 0 Å². The smallest absolute Gasteiger partial charge is 0.0129 e. The highest BCUT2D eigenvalue weighted by molar-refractivity contribution is 5.85. The first-order chi connectivity index (χ1) is 20.4. The van der Waals surface area contributed by atoms with Crippen molar-refractivity contribution in [2.45, 2.75) is 91.9 Å². The van der Waals surface area contributed by atoms with Gasteiger partial charge in [0.15, 0.2) is 0 Å². The number of allylic oxidation sites excluding steroid dienone is 2. The second kappa shape index (κ2) is 10.8. The number of benzene rings is 4. The van der Waals surface area contributed by atoms with Crippen molar-refractivity contribution in [1.82, 2.24) is 0 Å². The fraction of sp³-hybridized carbons (Fsp3) is 0.349. The van der Waals surface area contributed by atoms with Gasteiger partial charge in [0.25, 0.3) is 0 Å². The summed E-state index contributed by atoms with van der Waals surface area (Å²) in [5.41, 5.74) is 17.4. The molecule has 6 rings (SSSR count). The maximum atomic E-state index is 2.57. The summed E-state index contributed by atoms with van der Waals surface area (Å²) in [5.74, 6) is 0. The van der Waals surface area contributed by atoms with Gasteiger partial charge in [-0.25, -0.2) is 0 Å². The summed E-state index contributed by atoms with van der Waals surface area (Å²) in [6, 6.07) is 32.2. The number of fused-ring (bicyclic) bond motifs is 2. The standard InChI is InChI=1S/C43H48/c1-9-43(10-2,35-25-31-17-13-21-37(39(31)27-35)29-15-11-19-33(23-29)41(3,4)5)36-26-32-18-14-22-38(40(32)28-36)30-16-12-20-34(24-30)42(6,7)8/h11-24,27-28H,9-10,25-26H2,1-8H3. The van der Waals surface area contributed by atoms with E-state index in [1.165, 1.54) is 55.6 Å². The van der Waals surface area contributed by atoms with E-state index in [2.05, 4.69) is 152 Å². The van der Waals surface area contributed by atoms with E-state index in [-0.39, 0.29) is 16.2 Å². The van der Waals surface area contributed by atoms with Crippen molar-refractivity contribution < 1.29 is 0 Å². The quantitative estimate of drug-likeness (QED) is 0.218. The molecule has 0 saturated carbocycles. The number of rotatable bonds is 6. The van der Waals surface area contributed by atoms with Crippen LogP contribution in [0.25, 0.3) is 34.4 Å². The topological polar surface area (TPSA) is 0 Å². The molecule has 0 atom stereocenters. The molecule has 0 N–H and O–H groups in total. The van der Waals surface area contributed by atoms with Crippen LogP contribution >= 0.6 is 0 Å². The third kappa shape index (κ3) is 5.24. The highest BCUT2D eigenvalue weighted by Crippen LogP contribution is 2.52. The first-order valence-corrected chi connectivity index (χ1v) is 16.3. The number of hydrogen-bond acceptors (Lipinski definition) is 0. The minimum atomic E-state index is 0.0626. The van der Waals surface area contributed by atoms with Gasteiger partial charge in [-0.1, -0.05) is 164 Å². The summed E-state index contributed by atoms with van der Waals surface area (Å²) in [5, 5.41) is 0. The molecule has 0 unspecified atom stereocenters. The van der Waals surface area contributed by atoms with Crippen molar-refractivity contribution in [3.8, 4) is 22.3 Å². The lowest BCUT2D eigenvalue weighted by molar-refractivity contribution is 0.390. The summed E-state index contributed by atoms with van der Waals surface area (Å²) in [6.07, 6.45) is 9.45. The molecule has 2 aliphatic rings. The maximum absolute atomic E-state index is 2.57. The molecule has 0 aliphatic heterocycles. The Morgan fingerprint density at radius 3 is 1.28 bits per heavy atom. The van der Waals surface area contributed by atoms with E-state index in [4.69, 9.17) is 0 Å². The Morgan fingerprint density at radius 2 is 0.907 bits per heavy atom. The van der Waals surface area contributed by atoms with E-state index >= 15 is 0 Å². The van der Waals surface area contributed by atoms with Crippen molar-refractivity contribution in [3.63, 3.8) is 0 Å². The van der Waals surface area contributed by atoms with Gasteiger partial charge in [-0.05, 0) is 92.1 Å². The fourth-order valence-corrected chi connectivity index (χ4v) is 7.53. The van der Waals surface area contributed by atoms with Crippen LogP contribution in [0.3, 0.4) is 0 Å². The maximum Gasteiger partial charge on any atom is 0.0129 e. The van der Waals surface area contributed by atoms with Gasteiger partial charge in [0.2, 0.25) is 0 Å². The highest BCUT2D eigenvalue weighted by Gasteiger charge is 2.39. The molecule has 0 nitrogen and oxygen atoms in total. The zero-order chi connectivity index (χ0) is 30.6. The summed E-state index contributed by atoms with van der Waals surface area (Å²) < 4.78 is 0. The van der Waals surface area contributed by atoms with Gasteiger partial charge in [0, 0.05) is 5.41 Å². The summed E-state index contributed by atoms with van der Waals surface area (Å²) in [6.45, 7) is 18.6. The van der Waals surface area contributed by atoms with Gasteiger partial charge in [0.1, 0.15) is 0 Å². The molecule has 0 heterocycles. The monoisotopic (exact) mass is 564 g/mol. The molecular formula is C43H48. The van der Waals surface area contributed by atoms with E-state index in [9.17, 15) is 0 Å². The van der Waals surface area contributed by atoms with Crippen LogP contribution in [0.2, 0.25) is 0 Å². The molecule has 0 heteroatoms. The predicted molar refractivity (Wildman–Crippen MR) is 188 cm³/mol. The van der Waals surface area contributed by atoms with Crippen molar-refractivity contribution in [2.24, 2.45) is 5.41 Å². The van der Waals surface area contributed by atoms with Crippen LogP contribution in [-0.2, 0) is 23.7 Å². The van der Waals surface area contributed by atoms with Crippen molar-refractivity contribution >= 4 is 12.2 Å². The largest absolute Gasteiger partial charge is 0.0642 e. The molecule has 4 aromatic carbocycles. The van der Waals surface area contributed by atoms with Crippen LogP contribution < -0.4 is 0 Å². The van der Waals surface area contributed by atoms with Crippen LogP contribution in [0.5, 0.6) is 0 Å². The summed E-state index contributed by atoms with van der Waals surface area (Å²) >= 11 is 0. The Bertz CT molecular complexity index is 1610. The normalized spacial score (nSPS) is 14.8. The van der Waals surface area contributed by atoms with Crippen LogP contribution in [0.1, 0.15) is 102 Å². The van der Waals surface area contributed by atoms with Gasteiger partial charge in [-0.3, -0.25) is 0 Å². The Kier molecular flexibility index (Phi) is 7.40.